The fraction of sp³-hybridized carbons (Fsp3) is 0.188. The predicted molar refractivity (Wildman–Crippen MR) is 86.7 cm³/mol. The van der Waals surface area contributed by atoms with E-state index in [0.29, 0.717) is 0 Å². The van der Waals surface area contributed by atoms with Gasteiger partial charge >= 0.3 is 11.9 Å². The number of ether oxygens (including phenoxy) is 2. The second kappa shape index (κ2) is 5.65. The number of hydrogen-bond acceptors (Lipinski definition) is 6. The quantitative estimate of drug-likeness (QED) is 0.436. The third kappa shape index (κ3) is 2.90. The Kier molecular flexibility index (Phi) is 3.89. The van der Waals surface area contributed by atoms with Gasteiger partial charge in [0, 0.05) is 18.9 Å². The van der Waals surface area contributed by atoms with Gasteiger partial charge in [0.25, 0.3) is 5.79 Å². The Morgan fingerprint density at radius 3 is 2.29 bits per heavy atom. The van der Waals surface area contributed by atoms with Crippen molar-refractivity contribution in [2.75, 3.05) is 0 Å². The van der Waals surface area contributed by atoms with E-state index in [4.69, 9.17) is 37.1 Å². The van der Waals surface area contributed by atoms with Crippen molar-refractivity contribution in [3.8, 4) is 0 Å². The maximum Gasteiger partial charge on any atom is 0.348 e. The fourth-order valence-electron chi connectivity index (χ4n) is 2.21. The van der Waals surface area contributed by atoms with Gasteiger partial charge in [0.15, 0.2) is 11.0 Å². The van der Waals surface area contributed by atoms with Crippen molar-refractivity contribution in [1.82, 2.24) is 0 Å². The van der Waals surface area contributed by atoms with Crippen molar-refractivity contribution in [3.63, 3.8) is 0 Å². The lowest BCUT2D eigenvalue weighted by molar-refractivity contribution is -0.222. The van der Waals surface area contributed by atoms with E-state index in [1.807, 2.05) is 0 Å². The second-order valence-corrected chi connectivity index (χ2v) is 6.36. The number of rotatable bonds is 1. The van der Waals surface area contributed by atoms with Crippen molar-refractivity contribution >= 4 is 52.2 Å². The summed E-state index contributed by atoms with van der Waals surface area (Å²) in [5, 5.41) is 0.551. The molecule has 0 radical (unpaired) electrons. The molecule has 2 heterocycles. The highest BCUT2D eigenvalue weighted by atomic mass is 35.5. The summed E-state index contributed by atoms with van der Waals surface area (Å²) in [6.45, 7) is 2.85. The first kappa shape index (κ1) is 16.5. The maximum absolute atomic E-state index is 12.5. The molecule has 0 atom stereocenters. The van der Waals surface area contributed by atoms with E-state index >= 15 is 0 Å². The van der Waals surface area contributed by atoms with Crippen LogP contribution in [0.3, 0.4) is 0 Å². The molecule has 0 saturated carbocycles. The van der Waals surface area contributed by atoms with Gasteiger partial charge < -0.3 is 13.9 Å². The van der Waals surface area contributed by atoms with Gasteiger partial charge in [0.1, 0.15) is 11.8 Å². The molecule has 3 rings (SSSR count). The largest absolute Gasteiger partial charge is 0.462 e. The second-order valence-electron chi connectivity index (χ2n) is 5.52. The Balaban J connectivity index is 2.14. The normalized spacial score (nSPS) is 16.8. The molecular formula is C16H10Cl2O6. The summed E-state index contributed by atoms with van der Waals surface area (Å²) in [4.78, 5) is 36.4. The molecule has 8 heteroatoms. The first-order chi connectivity index (χ1) is 11.2. The molecule has 1 aromatic carbocycles. The van der Waals surface area contributed by atoms with Crippen LogP contribution in [0.15, 0.2) is 33.2 Å². The zero-order valence-electron chi connectivity index (χ0n) is 12.5. The molecule has 1 aliphatic rings. The van der Waals surface area contributed by atoms with Crippen LogP contribution in [0.2, 0.25) is 10.0 Å². The van der Waals surface area contributed by atoms with E-state index in [1.165, 1.54) is 26.0 Å². The summed E-state index contributed by atoms with van der Waals surface area (Å²) in [5.74, 6) is -3.14. The van der Waals surface area contributed by atoms with Gasteiger partial charge in [0.05, 0.1) is 16.0 Å². The van der Waals surface area contributed by atoms with Crippen LogP contribution in [-0.2, 0) is 19.1 Å². The van der Waals surface area contributed by atoms with E-state index in [2.05, 4.69) is 0 Å². The minimum Gasteiger partial charge on any atom is -0.462 e. The number of halogens is 2. The van der Waals surface area contributed by atoms with Crippen molar-refractivity contribution in [2.24, 2.45) is 0 Å². The first-order valence-corrected chi connectivity index (χ1v) is 7.52. The third-order valence-electron chi connectivity index (χ3n) is 3.24. The lowest BCUT2D eigenvalue weighted by Crippen LogP contribution is -2.41. The Morgan fingerprint density at radius 1 is 1.04 bits per heavy atom. The molecule has 1 saturated heterocycles. The predicted octanol–water partition coefficient (Wildman–Crippen LogP) is 3.32. The molecule has 24 heavy (non-hydrogen) atoms. The van der Waals surface area contributed by atoms with Crippen LogP contribution < -0.4 is 5.43 Å². The van der Waals surface area contributed by atoms with Crippen molar-refractivity contribution in [1.29, 1.82) is 0 Å². The number of fused-ring (bicyclic) bond motifs is 1. The third-order valence-corrected chi connectivity index (χ3v) is 3.73. The molecule has 0 unspecified atom stereocenters. The molecule has 0 N–H and O–H groups in total. The van der Waals surface area contributed by atoms with E-state index in [0.717, 1.165) is 12.3 Å². The van der Waals surface area contributed by atoms with Gasteiger partial charge in [0.2, 0.25) is 0 Å². The molecule has 2 aromatic rings. The van der Waals surface area contributed by atoms with Crippen LogP contribution in [0.1, 0.15) is 19.4 Å². The van der Waals surface area contributed by atoms with E-state index in [-0.39, 0.29) is 26.6 Å². The number of hydrogen-bond donors (Lipinski definition) is 0. The molecule has 0 spiro atoms. The van der Waals surface area contributed by atoms with E-state index in [1.54, 1.807) is 0 Å². The van der Waals surface area contributed by atoms with Gasteiger partial charge in [-0.1, -0.05) is 23.2 Å². The van der Waals surface area contributed by atoms with Crippen LogP contribution in [0.5, 0.6) is 0 Å². The smallest absolute Gasteiger partial charge is 0.348 e. The summed E-state index contributed by atoms with van der Waals surface area (Å²) in [6.07, 6.45) is 2.15. The fourth-order valence-corrected chi connectivity index (χ4v) is 2.75. The molecule has 1 fully saturated rings. The minimum atomic E-state index is -1.36. The van der Waals surface area contributed by atoms with Crippen LogP contribution >= 0.6 is 23.2 Å². The standard InChI is InChI=1S/C16H10Cl2O6/c1-16(2)23-14(20)10(15(21)24-16)3-7-6-22-13-9(12(7)19)4-8(17)5-11(13)18/h3-6H,1-2H3. The molecule has 0 amide bonds. The molecular weight excluding hydrogens is 359 g/mol. The number of esters is 2. The molecule has 6 nitrogen and oxygen atoms in total. The lowest BCUT2D eigenvalue weighted by atomic mass is 10.1. The SMILES string of the molecule is CC1(C)OC(=O)C(=Cc2coc3c(Cl)cc(Cl)cc3c2=O)C(=O)O1. The summed E-state index contributed by atoms with van der Waals surface area (Å²) >= 11 is 11.9. The lowest BCUT2D eigenvalue weighted by Gasteiger charge is -2.29. The molecule has 1 aliphatic heterocycles. The summed E-state index contributed by atoms with van der Waals surface area (Å²) in [6, 6.07) is 2.82. The van der Waals surface area contributed by atoms with Gasteiger partial charge in [-0.05, 0) is 18.2 Å². The van der Waals surface area contributed by atoms with Crippen LogP contribution in [0.4, 0.5) is 0 Å². The van der Waals surface area contributed by atoms with Gasteiger partial charge in [-0.15, -0.1) is 0 Å². The Labute approximate surface area is 145 Å². The highest BCUT2D eigenvalue weighted by Gasteiger charge is 2.39. The minimum absolute atomic E-state index is 0.0376. The van der Waals surface area contributed by atoms with E-state index < -0.39 is 28.7 Å². The summed E-state index contributed by atoms with van der Waals surface area (Å²) in [7, 11) is 0. The first-order valence-electron chi connectivity index (χ1n) is 6.77. The zero-order valence-corrected chi connectivity index (χ0v) is 14.0. The topological polar surface area (TPSA) is 82.8 Å². The van der Waals surface area contributed by atoms with Gasteiger partial charge in [-0.2, -0.15) is 0 Å². The average Bonchev–Trinajstić information content (AvgIpc) is 2.44. The summed E-state index contributed by atoms with van der Waals surface area (Å²) < 4.78 is 15.3. The number of benzene rings is 1. The van der Waals surface area contributed by atoms with Crippen molar-refractivity contribution in [3.05, 3.63) is 49.8 Å². The van der Waals surface area contributed by atoms with E-state index in [9.17, 15) is 14.4 Å². The molecule has 0 aliphatic carbocycles. The summed E-state index contributed by atoms with van der Waals surface area (Å²) in [5.41, 5.74) is -0.791. The molecule has 0 bridgehead atoms. The molecule has 124 valence electrons. The van der Waals surface area contributed by atoms with Crippen LogP contribution in [-0.4, -0.2) is 17.7 Å². The Hall–Kier alpha value is -2.31. The molecule has 1 aromatic heterocycles. The zero-order chi connectivity index (χ0) is 17.6. The monoisotopic (exact) mass is 368 g/mol. The number of cyclic esters (lactones) is 2. The Morgan fingerprint density at radius 2 is 1.67 bits per heavy atom. The number of carbonyl (C=O) groups excluding carboxylic acids is 2. The average molecular weight is 369 g/mol. The Bertz CT molecular complexity index is 948. The highest BCUT2D eigenvalue weighted by Crippen LogP contribution is 2.27. The maximum atomic E-state index is 12.5. The van der Waals surface area contributed by atoms with Gasteiger partial charge in [-0.25, -0.2) is 9.59 Å². The van der Waals surface area contributed by atoms with Crippen LogP contribution in [0, 0.1) is 0 Å². The number of carbonyl (C=O) groups is 2. The van der Waals surface area contributed by atoms with Crippen molar-refractivity contribution < 1.29 is 23.5 Å². The van der Waals surface area contributed by atoms with Gasteiger partial charge in [-0.3, -0.25) is 4.79 Å². The van der Waals surface area contributed by atoms with Crippen LogP contribution in [0.25, 0.3) is 17.0 Å². The highest BCUT2D eigenvalue weighted by molar-refractivity contribution is 6.38. The van der Waals surface area contributed by atoms with Crippen molar-refractivity contribution in [2.45, 2.75) is 19.6 Å².